The molecule has 0 heterocycles. The van der Waals surface area contributed by atoms with Crippen molar-refractivity contribution in [3.05, 3.63) is 0 Å². The Morgan fingerprint density at radius 2 is 2.13 bits per heavy atom. The van der Waals surface area contributed by atoms with Crippen LogP contribution in [0.2, 0.25) is 0 Å². The summed E-state index contributed by atoms with van der Waals surface area (Å²) in [6.45, 7) is 2.77. The van der Waals surface area contributed by atoms with Crippen molar-refractivity contribution in [3.63, 3.8) is 0 Å². The molecule has 0 spiro atoms. The van der Waals surface area contributed by atoms with E-state index >= 15 is 0 Å². The summed E-state index contributed by atoms with van der Waals surface area (Å²) in [5.41, 5.74) is -0.419. The van der Waals surface area contributed by atoms with E-state index in [0.29, 0.717) is 18.5 Å². The summed E-state index contributed by atoms with van der Waals surface area (Å²) in [7, 11) is 0. The molecule has 3 nitrogen and oxygen atoms in total. The minimum absolute atomic E-state index is 0.406. The van der Waals surface area contributed by atoms with Crippen LogP contribution in [-0.2, 0) is 4.79 Å². The summed E-state index contributed by atoms with van der Waals surface area (Å²) in [6.07, 6.45) is 6.93. The van der Waals surface area contributed by atoms with Gasteiger partial charge in [0.1, 0.15) is 0 Å². The second kappa shape index (κ2) is 4.12. The highest BCUT2D eigenvalue weighted by Crippen LogP contribution is 2.54. The molecule has 0 bridgehead atoms. The molecule has 15 heavy (non-hydrogen) atoms. The molecule has 2 aliphatic rings. The summed E-state index contributed by atoms with van der Waals surface area (Å²) in [6, 6.07) is 0.583. The Kier molecular flexibility index (Phi) is 3.01. The predicted octanol–water partition coefficient (Wildman–Crippen LogP) is 2.02. The number of carboxylic acid groups (broad SMARTS) is 1. The fourth-order valence-electron chi connectivity index (χ4n) is 2.93. The van der Waals surface area contributed by atoms with Gasteiger partial charge in [0.05, 0.1) is 5.41 Å². The fourth-order valence-corrected chi connectivity index (χ4v) is 2.93. The van der Waals surface area contributed by atoms with Crippen LogP contribution in [0.5, 0.6) is 0 Å². The van der Waals surface area contributed by atoms with Crippen LogP contribution in [0.25, 0.3) is 0 Å². The van der Waals surface area contributed by atoms with Gasteiger partial charge >= 0.3 is 5.97 Å². The lowest BCUT2D eigenvalue weighted by Crippen LogP contribution is -2.36. The maximum absolute atomic E-state index is 11.2. The fraction of sp³-hybridized carbons (Fsp3) is 0.917. The van der Waals surface area contributed by atoms with Crippen molar-refractivity contribution >= 4 is 5.97 Å². The number of hydrogen-bond donors (Lipinski definition) is 2. The smallest absolute Gasteiger partial charge is 0.311 e. The minimum Gasteiger partial charge on any atom is -0.481 e. The quantitative estimate of drug-likeness (QED) is 0.731. The van der Waals surface area contributed by atoms with Crippen molar-refractivity contribution in [2.24, 2.45) is 11.3 Å². The van der Waals surface area contributed by atoms with Crippen molar-refractivity contribution < 1.29 is 9.90 Å². The largest absolute Gasteiger partial charge is 0.481 e. The van der Waals surface area contributed by atoms with Crippen LogP contribution in [0.1, 0.15) is 45.4 Å². The number of rotatable bonds is 5. The normalized spacial score (nSPS) is 35.7. The van der Waals surface area contributed by atoms with Crippen LogP contribution in [0.3, 0.4) is 0 Å². The first-order valence-corrected chi connectivity index (χ1v) is 6.16. The molecule has 0 amide bonds. The molecule has 86 valence electrons. The molecule has 0 saturated heterocycles. The highest BCUT2D eigenvalue weighted by molar-refractivity contribution is 5.79. The predicted molar refractivity (Wildman–Crippen MR) is 58.7 cm³/mol. The number of carbonyl (C=O) groups is 1. The van der Waals surface area contributed by atoms with E-state index < -0.39 is 11.4 Å². The Balaban J connectivity index is 1.83. The van der Waals surface area contributed by atoms with Gasteiger partial charge in [-0.3, -0.25) is 4.79 Å². The molecule has 0 aromatic rings. The highest BCUT2D eigenvalue weighted by atomic mass is 16.4. The zero-order valence-electron chi connectivity index (χ0n) is 9.46. The average Bonchev–Trinajstić information content (AvgIpc) is 2.71. The van der Waals surface area contributed by atoms with Crippen molar-refractivity contribution in [2.45, 2.75) is 51.5 Å². The topological polar surface area (TPSA) is 49.3 Å². The van der Waals surface area contributed by atoms with Crippen LogP contribution in [-0.4, -0.2) is 23.7 Å². The zero-order valence-corrected chi connectivity index (χ0v) is 9.46. The summed E-state index contributed by atoms with van der Waals surface area (Å²) in [5, 5.41) is 12.7. The van der Waals surface area contributed by atoms with E-state index in [9.17, 15) is 9.90 Å². The van der Waals surface area contributed by atoms with E-state index in [1.165, 1.54) is 25.7 Å². The van der Waals surface area contributed by atoms with Crippen LogP contribution >= 0.6 is 0 Å². The number of carboxylic acids is 1. The standard InChI is InChI=1S/C12H21NO2/c1-2-9-7-12(9,11(14)15)8-13-10-5-3-4-6-10/h9-10,13H,2-8H2,1H3,(H,14,15). The van der Waals surface area contributed by atoms with Gasteiger partial charge in [0, 0.05) is 12.6 Å². The van der Waals surface area contributed by atoms with Crippen molar-refractivity contribution in [3.8, 4) is 0 Å². The molecule has 2 fully saturated rings. The Morgan fingerprint density at radius 3 is 2.60 bits per heavy atom. The summed E-state index contributed by atoms with van der Waals surface area (Å²) >= 11 is 0. The van der Waals surface area contributed by atoms with Gasteiger partial charge in [-0.05, 0) is 25.2 Å². The zero-order chi connectivity index (χ0) is 10.9. The number of aliphatic carboxylic acids is 1. The van der Waals surface area contributed by atoms with Crippen molar-refractivity contribution in [1.29, 1.82) is 0 Å². The second-order valence-corrected chi connectivity index (χ2v) is 5.13. The third-order valence-electron chi connectivity index (χ3n) is 4.21. The van der Waals surface area contributed by atoms with E-state index in [1.54, 1.807) is 0 Å². The first-order valence-electron chi connectivity index (χ1n) is 6.16. The summed E-state index contributed by atoms with van der Waals surface area (Å²) < 4.78 is 0. The molecule has 2 aliphatic carbocycles. The van der Waals surface area contributed by atoms with Crippen molar-refractivity contribution in [2.75, 3.05) is 6.54 Å². The van der Waals surface area contributed by atoms with Gasteiger partial charge in [0.15, 0.2) is 0 Å². The lowest BCUT2D eigenvalue weighted by Gasteiger charge is -2.17. The van der Waals surface area contributed by atoms with Gasteiger partial charge in [-0.2, -0.15) is 0 Å². The van der Waals surface area contributed by atoms with Gasteiger partial charge in [-0.15, -0.1) is 0 Å². The maximum Gasteiger partial charge on any atom is 0.311 e. The first kappa shape index (κ1) is 10.9. The van der Waals surface area contributed by atoms with Gasteiger partial charge < -0.3 is 10.4 Å². The van der Waals surface area contributed by atoms with Crippen LogP contribution in [0, 0.1) is 11.3 Å². The molecule has 2 unspecified atom stereocenters. The number of nitrogens with one attached hydrogen (secondary N) is 1. The van der Waals surface area contributed by atoms with Gasteiger partial charge in [-0.1, -0.05) is 26.2 Å². The van der Waals surface area contributed by atoms with Crippen LogP contribution in [0.4, 0.5) is 0 Å². The number of hydrogen-bond acceptors (Lipinski definition) is 2. The summed E-state index contributed by atoms with van der Waals surface area (Å²) in [4.78, 5) is 11.2. The van der Waals surface area contributed by atoms with Crippen LogP contribution in [0.15, 0.2) is 0 Å². The molecular formula is C12H21NO2. The van der Waals surface area contributed by atoms with E-state index in [1.807, 2.05) is 0 Å². The lowest BCUT2D eigenvalue weighted by atomic mass is 10.0. The third kappa shape index (κ3) is 2.03. The Morgan fingerprint density at radius 1 is 1.47 bits per heavy atom. The molecular weight excluding hydrogens is 190 g/mol. The van der Waals surface area contributed by atoms with E-state index in [4.69, 9.17) is 0 Å². The Labute approximate surface area is 91.2 Å². The third-order valence-corrected chi connectivity index (χ3v) is 4.21. The minimum atomic E-state index is -0.597. The molecule has 0 radical (unpaired) electrons. The molecule has 2 atom stereocenters. The van der Waals surface area contributed by atoms with E-state index in [0.717, 1.165) is 12.8 Å². The van der Waals surface area contributed by atoms with E-state index in [2.05, 4.69) is 12.2 Å². The average molecular weight is 211 g/mol. The van der Waals surface area contributed by atoms with Gasteiger partial charge in [-0.25, -0.2) is 0 Å². The summed E-state index contributed by atoms with van der Waals surface area (Å²) in [5.74, 6) is -0.191. The second-order valence-electron chi connectivity index (χ2n) is 5.13. The van der Waals surface area contributed by atoms with Gasteiger partial charge in [0.25, 0.3) is 0 Å². The monoisotopic (exact) mass is 211 g/mol. The highest BCUT2D eigenvalue weighted by Gasteiger charge is 2.58. The Bertz CT molecular complexity index is 248. The Hall–Kier alpha value is -0.570. The molecule has 0 aromatic carbocycles. The van der Waals surface area contributed by atoms with E-state index in [-0.39, 0.29) is 0 Å². The molecule has 0 aromatic heterocycles. The molecule has 2 N–H and O–H groups in total. The molecule has 2 rings (SSSR count). The maximum atomic E-state index is 11.2. The van der Waals surface area contributed by atoms with Crippen molar-refractivity contribution in [1.82, 2.24) is 5.32 Å². The van der Waals surface area contributed by atoms with Crippen LogP contribution < -0.4 is 5.32 Å². The SMILES string of the molecule is CCC1CC1(CNC1CCCC1)C(=O)O. The molecule has 2 saturated carbocycles. The van der Waals surface area contributed by atoms with Gasteiger partial charge in [0.2, 0.25) is 0 Å². The molecule has 3 heteroatoms. The first-order chi connectivity index (χ1) is 7.19. The lowest BCUT2D eigenvalue weighted by molar-refractivity contribution is -0.143. The molecule has 0 aliphatic heterocycles.